The summed E-state index contributed by atoms with van der Waals surface area (Å²) in [6.45, 7) is 0. The van der Waals surface area contributed by atoms with Gasteiger partial charge in [0.2, 0.25) is 0 Å². The number of hydrogen-bond acceptors (Lipinski definition) is 1. The molecule has 0 N–H and O–H groups in total. The van der Waals surface area contributed by atoms with E-state index in [1.807, 2.05) is 0 Å². The Morgan fingerprint density at radius 1 is 1.09 bits per heavy atom. The van der Waals surface area contributed by atoms with Crippen LogP contribution in [-0.2, 0) is 4.79 Å². The van der Waals surface area contributed by atoms with E-state index in [-0.39, 0.29) is 0 Å². The Morgan fingerprint density at radius 3 is 2.45 bits per heavy atom. The van der Waals surface area contributed by atoms with Crippen LogP contribution in [-0.4, -0.2) is 6.29 Å². The lowest BCUT2D eigenvalue weighted by molar-refractivity contribution is -0.107. The molecule has 1 aliphatic carbocycles. The highest BCUT2D eigenvalue weighted by molar-refractivity contribution is 5.48. The largest absolute Gasteiger partial charge is 0.303 e. The van der Waals surface area contributed by atoms with Gasteiger partial charge in [0, 0.05) is 6.42 Å². The fourth-order valence-electron chi connectivity index (χ4n) is 1.42. The number of hydrogen-bond donors (Lipinski definition) is 0. The first kappa shape index (κ1) is 8.76. The quantitative estimate of drug-likeness (QED) is 0.407. The summed E-state index contributed by atoms with van der Waals surface area (Å²) < 4.78 is 0. The van der Waals surface area contributed by atoms with Crippen molar-refractivity contribution in [2.45, 2.75) is 51.4 Å². The molecule has 1 saturated carbocycles. The third-order valence-corrected chi connectivity index (χ3v) is 2.38. The van der Waals surface area contributed by atoms with Gasteiger partial charge >= 0.3 is 0 Å². The summed E-state index contributed by atoms with van der Waals surface area (Å²) in [6.07, 6.45) is 11.3. The van der Waals surface area contributed by atoms with Crippen molar-refractivity contribution in [3.05, 3.63) is 0 Å². The molecule has 0 unspecified atom stereocenters. The molecule has 1 nitrogen and oxygen atoms in total. The van der Waals surface area contributed by atoms with E-state index in [4.69, 9.17) is 0 Å². The van der Waals surface area contributed by atoms with E-state index in [0.717, 1.165) is 25.0 Å². The summed E-state index contributed by atoms with van der Waals surface area (Å²) in [7, 11) is 0. The van der Waals surface area contributed by atoms with Gasteiger partial charge in [0.25, 0.3) is 0 Å². The number of rotatable bonds is 7. The summed E-state index contributed by atoms with van der Waals surface area (Å²) in [4.78, 5) is 9.96. The predicted octanol–water partition coefficient (Wildman–Crippen LogP) is 2.94. The van der Waals surface area contributed by atoms with Gasteiger partial charge in [-0.2, -0.15) is 0 Å². The average molecular weight is 154 g/mol. The second-order valence-corrected chi connectivity index (χ2v) is 3.60. The number of unbranched alkanes of at least 4 members (excludes halogenated alkanes) is 4. The van der Waals surface area contributed by atoms with Gasteiger partial charge in [-0.15, -0.1) is 0 Å². The van der Waals surface area contributed by atoms with E-state index in [1.54, 1.807) is 0 Å². The molecule has 1 heteroatoms. The molecule has 1 aliphatic rings. The van der Waals surface area contributed by atoms with Crippen LogP contribution in [0.1, 0.15) is 51.4 Å². The van der Waals surface area contributed by atoms with Crippen LogP contribution in [0, 0.1) is 5.92 Å². The van der Waals surface area contributed by atoms with Crippen molar-refractivity contribution >= 4 is 6.29 Å². The standard InChI is InChI=1S/C10H18O/c11-9-5-3-1-2-4-6-10-7-8-10/h9-10H,1-8H2. The summed E-state index contributed by atoms with van der Waals surface area (Å²) in [5.74, 6) is 1.08. The minimum absolute atomic E-state index is 0.767. The van der Waals surface area contributed by atoms with Gasteiger partial charge in [-0.1, -0.05) is 38.5 Å². The van der Waals surface area contributed by atoms with Gasteiger partial charge in [-0.05, 0) is 12.3 Å². The lowest BCUT2D eigenvalue weighted by Crippen LogP contribution is -1.81. The van der Waals surface area contributed by atoms with E-state index in [2.05, 4.69) is 0 Å². The van der Waals surface area contributed by atoms with E-state index in [1.165, 1.54) is 38.5 Å². The van der Waals surface area contributed by atoms with Gasteiger partial charge in [0.15, 0.2) is 0 Å². The molecule has 1 fully saturated rings. The molecule has 0 aromatic rings. The van der Waals surface area contributed by atoms with Crippen LogP contribution in [0.25, 0.3) is 0 Å². The van der Waals surface area contributed by atoms with Crippen molar-refractivity contribution in [3.63, 3.8) is 0 Å². The summed E-state index contributed by atoms with van der Waals surface area (Å²) in [6, 6.07) is 0. The molecular weight excluding hydrogens is 136 g/mol. The zero-order chi connectivity index (χ0) is 7.94. The highest BCUT2D eigenvalue weighted by Gasteiger charge is 2.19. The normalized spacial score (nSPS) is 16.7. The van der Waals surface area contributed by atoms with Gasteiger partial charge in [0.05, 0.1) is 0 Å². The van der Waals surface area contributed by atoms with Crippen molar-refractivity contribution in [2.24, 2.45) is 5.92 Å². The maximum atomic E-state index is 9.96. The number of aldehydes is 1. The summed E-state index contributed by atoms with van der Waals surface area (Å²) in [5.41, 5.74) is 0. The van der Waals surface area contributed by atoms with E-state index >= 15 is 0 Å². The topological polar surface area (TPSA) is 17.1 Å². The molecule has 0 saturated heterocycles. The van der Waals surface area contributed by atoms with Gasteiger partial charge in [-0.25, -0.2) is 0 Å². The van der Waals surface area contributed by atoms with Crippen molar-refractivity contribution in [1.82, 2.24) is 0 Å². The van der Waals surface area contributed by atoms with Crippen LogP contribution < -0.4 is 0 Å². The second-order valence-electron chi connectivity index (χ2n) is 3.60. The van der Waals surface area contributed by atoms with E-state index in [0.29, 0.717) is 0 Å². The van der Waals surface area contributed by atoms with Crippen LogP contribution in [0.5, 0.6) is 0 Å². The van der Waals surface area contributed by atoms with Gasteiger partial charge in [0.1, 0.15) is 6.29 Å². The lowest BCUT2D eigenvalue weighted by Gasteiger charge is -1.96. The molecule has 0 amide bonds. The van der Waals surface area contributed by atoms with Crippen LogP contribution in [0.4, 0.5) is 0 Å². The fourth-order valence-corrected chi connectivity index (χ4v) is 1.42. The minimum Gasteiger partial charge on any atom is -0.303 e. The summed E-state index contributed by atoms with van der Waals surface area (Å²) >= 11 is 0. The third kappa shape index (κ3) is 5.00. The molecule has 11 heavy (non-hydrogen) atoms. The Bertz CT molecular complexity index is 105. The number of carbonyl (C=O) groups is 1. The maximum Gasteiger partial charge on any atom is 0.119 e. The Balaban J connectivity index is 1.69. The van der Waals surface area contributed by atoms with Gasteiger partial charge < -0.3 is 4.79 Å². The van der Waals surface area contributed by atoms with Crippen molar-refractivity contribution < 1.29 is 4.79 Å². The Labute approximate surface area is 69.2 Å². The Hall–Kier alpha value is -0.330. The van der Waals surface area contributed by atoms with Crippen LogP contribution in [0.2, 0.25) is 0 Å². The fraction of sp³-hybridized carbons (Fsp3) is 0.900. The third-order valence-electron chi connectivity index (χ3n) is 2.38. The first-order chi connectivity index (χ1) is 5.43. The van der Waals surface area contributed by atoms with E-state index < -0.39 is 0 Å². The zero-order valence-corrected chi connectivity index (χ0v) is 7.22. The zero-order valence-electron chi connectivity index (χ0n) is 7.22. The molecule has 64 valence electrons. The van der Waals surface area contributed by atoms with Crippen molar-refractivity contribution in [3.8, 4) is 0 Å². The Kier molecular flexibility index (Phi) is 4.25. The highest BCUT2D eigenvalue weighted by Crippen LogP contribution is 2.34. The first-order valence-electron chi connectivity index (χ1n) is 4.87. The summed E-state index contributed by atoms with van der Waals surface area (Å²) in [5, 5.41) is 0. The number of carbonyl (C=O) groups excluding carboxylic acids is 1. The molecule has 1 rings (SSSR count). The minimum atomic E-state index is 0.767. The second kappa shape index (κ2) is 5.34. The van der Waals surface area contributed by atoms with E-state index in [9.17, 15) is 4.79 Å². The first-order valence-corrected chi connectivity index (χ1v) is 4.87. The average Bonchev–Trinajstić information content (AvgIpc) is 2.80. The molecule has 0 aromatic heterocycles. The molecule has 0 aromatic carbocycles. The monoisotopic (exact) mass is 154 g/mol. The predicted molar refractivity (Wildman–Crippen MR) is 46.5 cm³/mol. The van der Waals surface area contributed by atoms with Gasteiger partial charge in [-0.3, -0.25) is 0 Å². The van der Waals surface area contributed by atoms with Crippen LogP contribution in [0.15, 0.2) is 0 Å². The smallest absolute Gasteiger partial charge is 0.119 e. The maximum absolute atomic E-state index is 9.96. The molecule has 0 spiro atoms. The van der Waals surface area contributed by atoms with Crippen LogP contribution >= 0.6 is 0 Å². The van der Waals surface area contributed by atoms with Crippen molar-refractivity contribution in [1.29, 1.82) is 0 Å². The SMILES string of the molecule is O=CCCCCCCC1CC1. The molecule has 0 bridgehead atoms. The lowest BCUT2D eigenvalue weighted by atomic mass is 10.1. The molecular formula is C10H18O. The molecule has 0 heterocycles. The Morgan fingerprint density at radius 2 is 1.82 bits per heavy atom. The molecule has 0 atom stereocenters. The van der Waals surface area contributed by atoms with Crippen LogP contribution in [0.3, 0.4) is 0 Å². The molecule has 0 radical (unpaired) electrons. The molecule has 0 aliphatic heterocycles. The van der Waals surface area contributed by atoms with Crippen molar-refractivity contribution in [2.75, 3.05) is 0 Å². The highest BCUT2D eigenvalue weighted by atomic mass is 16.1.